The van der Waals surface area contributed by atoms with Gasteiger partial charge < -0.3 is 25.6 Å². The van der Waals surface area contributed by atoms with Crippen LogP contribution in [0.3, 0.4) is 0 Å². The molecule has 0 saturated heterocycles. The number of carbonyl (C=O) groups excluding carboxylic acids is 1. The van der Waals surface area contributed by atoms with Crippen molar-refractivity contribution in [1.82, 2.24) is 0 Å². The number of aliphatic hydroxyl groups excluding tert-OH is 1. The molecule has 36 heavy (non-hydrogen) atoms. The standard InChI is InChI=1S/C25H28ClN3O6S/c1-15-4-11-23(35-2)19(13-24(27)32)25(15)29(18-8-6-17(26)7-9-18)14-22(31)16-5-10-21(30)20(12-16)28-36(3,33)34/h4-12,22,28,30-31H,13-14H2,1-3H3,(H2,27,32)/t22-/m1/s1. The van der Waals surface area contributed by atoms with Crippen molar-refractivity contribution in [2.75, 3.05) is 29.5 Å². The summed E-state index contributed by atoms with van der Waals surface area (Å²) in [5.74, 6) is -0.364. The van der Waals surface area contributed by atoms with Gasteiger partial charge in [0.25, 0.3) is 0 Å². The monoisotopic (exact) mass is 533 g/mol. The predicted molar refractivity (Wildman–Crippen MR) is 141 cm³/mol. The van der Waals surface area contributed by atoms with Crippen LogP contribution in [-0.4, -0.2) is 44.4 Å². The summed E-state index contributed by atoms with van der Waals surface area (Å²) in [6.45, 7) is 1.87. The molecule has 0 unspecified atom stereocenters. The zero-order valence-electron chi connectivity index (χ0n) is 20.0. The number of hydrogen-bond acceptors (Lipinski definition) is 7. The van der Waals surface area contributed by atoms with Crippen molar-refractivity contribution in [3.05, 3.63) is 76.3 Å². The number of phenolic OH excluding ortho intramolecular Hbond substituents is 1. The minimum Gasteiger partial charge on any atom is -0.506 e. The maximum atomic E-state index is 11.9. The molecule has 0 bridgehead atoms. The fourth-order valence-electron chi connectivity index (χ4n) is 3.91. The first-order valence-electron chi connectivity index (χ1n) is 10.9. The van der Waals surface area contributed by atoms with E-state index in [9.17, 15) is 23.4 Å². The molecule has 3 rings (SSSR count). The zero-order chi connectivity index (χ0) is 26.6. The van der Waals surface area contributed by atoms with Crippen molar-refractivity contribution < 1.29 is 28.2 Å². The minimum atomic E-state index is -3.66. The average molecular weight is 534 g/mol. The van der Waals surface area contributed by atoms with Crippen LogP contribution in [-0.2, 0) is 21.2 Å². The Morgan fingerprint density at radius 1 is 1.17 bits per heavy atom. The Kier molecular flexibility index (Phi) is 8.34. The summed E-state index contributed by atoms with van der Waals surface area (Å²) >= 11 is 6.10. The smallest absolute Gasteiger partial charge is 0.229 e. The third-order valence-corrected chi connectivity index (χ3v) is 6.32. The summed E-state index contributed by atoms with van der Waals surface area (Å²) < 4.78 is 31.1. The van der Waals surface area contributed by atoms with E-state index in [1.165, 1.54) is 25.3 Å². The predicted octanol–water partition coefficient (Wildman–Crippen LogP) is 3.63. The molecule has 0 spiro atoms. The van der Waals surface area contributed by atoms with Crippen LogP contribution in [0.4, 0.5) is 17.1 Å². The second-order valence-corrected chi connectivity index (χ2v) is 10.5. The lowest BCUT2D eigenvalue weighted by Crippen LogP contribution is -2.27. The highest BCUT2D eigenvalue weighted by Crippen LogP contribution is 2.39. The number of rotatable bonds is 10. The first kappa shape index (κ1) is 27.1. The molecule has 0 aliphatic carbocycles. The van der Waals surface area contributed by atoms with E-state index in [1.807, 2.05) is 17.9 Å². The van der Waals surface area contributed by atoms with E-state index in [0.29, 0.717) is 33.3 Å². The number of methoxy groups -OCH3 is 1. The van der Waals surface area contributed by atoms with Gasteiger partial charge in [0, 0.05) is 16.3 Å². The Hall–Kier alpha value is -3.47. The summed E-state index contributed by atoms with van der Waals surface area (Å²) in [7, 11) is -2.16. The molecule has 0 fully saturated rings. The van der Waals surface area contributed by atoms with Crippen molar-refractivity contribution in [2.45, 2.75) is 19.4 Å². The molecular weight excluding hydrogens is 506 g/mol. The lowest BCUT2D eigenvalue weighted by molar-refractivity contribution is -0.117. The number of aromatic hydroxyl groups is 1. The minimum absolute atomic E-state index is 0.00446. The summed E-state index contributed by atoms with van der Waals surface area (Å²) in [5.41, 5.74) is 8.50. The Bertz CT molecular complexity index is 1360. The van der Waals surface area contributed by atoms with E-state index in [1.54, 1.807) is 30.3 Å². The number of primary amides is 1. The van der Waals surface area contributed by atoms with Crippen molar-refractivity contribution in [3.8, 4) is 11.5 Å². The van der Waals surface area contributed by atoms with Gasteiger partial charge in [-0.25, -0.2) is 8.42 Å². The van der Waals surface area contributed by atoms with Gasteiger partial charge >= 0.3 is 0 Å². The fraction of sp³-hybridized carbons (Fsp3) is 0.240. The van der Waals surface area contributed by atoms with E-state index in [2.05, 4.69) is 4.72 Å². The van der Waals surface area contributed by atoms with Crippen molar-refractivity contribution in [2.24, 2.45) is 5.73 Å². The normalized spacial score (nSPS) is 12.1. The van der Waals surface area contributed by atoms with Gasteiger partial charge in [-0.1, -0.05) is 23.7 Å². The first-order valence-corrected chi connectivity index (χ1v) is 13.1. The molecule has 0 saturated carbocycles. The molecule has 1 amide bonds. The largest absolute Gasteiger partial charge is 0.506 e. The molecule has 0 heterocycles. The van der Waals surface area contributed by atoms with Gasteiger partial charge in [0.15, 0.2) is 0 Å². The number of phenols is 1. The molecule has 0 aromatic heterocycles. The summed E-state index contributed by atoms with van der Waals surface area (Å²) in [4.78, 5) is 13.7. The number of halogens is 1. The molecule has 192 valence electrons. The number of nitrogens with two attached hydrogens (primary N) is 1. The number of hydrogen-bond donors (Lipinski definition) is 4. The number of aliphatic hydroxyl groups is 1. The highest BCUT2D eigenvalue weighted by Gasteiger charge is 2.24. The average Bonchev–Trinajstić information content (AvgIpc) is 2.79. The van der Waals surface area contributed by atoms with Crippen LogP contribution in [0.5, 0.6) is 11.5 Å². The molecule has 3 aromatic carbocycles. The van der Waals surface area contributed by atoms with E-state index >= 15 is 0 Å². The van der Waals surface area contributed by atoms with Gasteiger partial charge in [-0.3, -0.25) is 9.52 Å². The topological polar surface area (TPSA) is 142 Å². The van der Waals surface area contributed by atoms with Crippen LogP contribution in [0.2, 0.25) is 5.02 Å². The Balaban J connectivity index is 2.13. The molecular formula is C25H28ClN3O6S. The number of nitrogens with one attached hydrogen (secondary N) is 1. The fourth-order valence-corrected chi connectivity index (χ4v) is 4.60. The molecule has 5 N–H and O–H groups in total. The van der Waals surface area contributed by atoms with E-state index in [4.69, 9.17) is 22.1 Å². The molecule has 3 aromatic rings. The van der Waals surface area contributed by atoms with Crippen LogP contribution < -0.4 is 20.1 Å². The number of ether oxygens (including phenoxy) is 1. The second-order valence-electron chi connectivity index (χ2n) is 8.31. The van der Waals surface area contributed by atoms with Crippen LogP contribution in [0.25, 0.3) is 0 Å². The van der Waals surface area contributed by atoms with Crippen LogP contribution in [0.1, 0.15) is 22.8 Å². The first-order chi connectivity index (χ1) is 16.9. The van der Waals surface area contributed by atoms with Crippen molar-refractivity contribution in [3.63, 3.8) is 0 Å². The summed E-state index contributed by atoms with van der Waals surface area (Å²) in [5, 5.41) is 21.8. The number of aryl methyl sites for hydroxylation is 1. The van der Waals surface area contributed by atoms with Gasteiger partial charge in [-0.2, -0.15) is 0 Å². The molecule has 9 nitrogen and oxygen atoms in total. The number of amides is 1. The van der Waals surface area contributed by atoms with Gasteiger partial charge in [-0.15, -0.1) is 0 Å². The quantitative estimate of drug-likeness (QED) is 0.291. The van der Waals surface area contributed by atoms with E-state index in [0.717, 1.165) is 11.8 Å². The number of nitrogens with zero attached hydrogens (tertiary/aromatic N) is 1. The number of anilines is 3. The lowest BCUT2D eigenvalue weighted by Gasteiger charge is -2.32. The van der Waals surface area contributed by atoms with E-state index in [-0.39, 0.29) is 24.4 Å². The van der Waals surface area contributed by atoms with E-state index < -0.39 is 22.0 Å². The highest BCUT2D eigenvalue weighted by molar-refractivity contribution is 7.92. The third-order valence-electron chi connectivity index (χ3n) is 5.48. The molecule has 0 aliphatic rings. The highest BCUT2D eigenvalue weighted by atomic mass is 35.5. The van der Waals surface area contributed by atoms with Crippen molar-refractivity contribution >= 4 is 44.6 Å². The van der Waals surface area contributed by atoms with Crippen molar-refractivity contribution in [1.29, 1.82) is 0 Å². The number of benzene rings is 3. The van der Waals surface area contributed by atoms with Gasteiger partial charge in [0.2, 0.25) is 15.9 Å². The van der Waals surface area contributed by atoms with Crippen LogP contribution in [0, 0.1) is 6.92 Å². The Morgan fingerprint density at radius 2 is 1.83 bits per heavy atom. The second kappa shape index (κ2) is 11.1. The maximum Gasteiger partial charge on any atom is 0.229 e. The summed E-state index contributed by atoms with van der Waals surface area (Å²) in [6.07, 6.45) is -0.264. The summed E-state index contributed by atoms with van der Waals surface area (Å²) in [6, 6.07) is 14.7. The maximum absolute atomic E-state index is 11.9. The Morgan fingerprint density at radius 3 is 2.42 bits per heavy atom. The lowest BCUT2D eigenvalue weighted by atomic mass is 10.00. The van der Waals surface area contributed by atoms with Gasteiger partial charge in [0.1, 0.15) is 11.5 Å². The number of sulfonamides is 1. The van der Waals surface area contributed by atoms with Gasteiger partial charge in [0.05, 0.1) is 43.8 Å². The number of carbonyl (C=O) groups is 1. The molecule has 11 heteroatoms. The third kappa shape index (κ3) is 6.60. The Labute approximate surface area is 215 Å². The molecule has 0 aliphatic heterocycles. The zero-order valence-corrected chi connectivity index (χ0v) is 21.6. The van der Waals surface area contributed by atoms with Crippen LogP contribution >= 0.6 is 11.6 Å². The molecule has 0 radical (unpaired) electrons. The molecule has 1 atom stereocenters. The van der Waals surface area contributed by atoms with Crippen LogP contribution in [0.15, 0.2) is 54.6 Å². The van der Waals surface area contributed by atoms with Gasteiger partial charge in [-0.05, 0) is 60.5 Å². The SMILES string of the molecule is COc1ccc(C)c(N(C[C@@H](O)c2ccc(O)c(NS(C)(=O)=O)c2)c2ccc(Cl)cc2)c1CC(N)=O.